The molecule has 0 atom stereocenters. The van der Waals surface area contributed by atoms with Crippen molar-refractivity contribution in [3.8, 4) is 0 Å². The Morgan fingerprint density at radius 3 is 1.21 bits per heavy atom. The van der Waals surface area contributed by atoms with Crippen molar-refractivity contribution in [1.82, 2.24) is 0 Å². The Balaban J connectivity index is 0.000000550. The summed E-state index contributed by atoms with van der Waals surface area (Å²) in [5, 5.41) is 19.7. The predicted octanol–water partition coefficient (Wildman–Crippen LogP) is 4.42. The zero-order valence-corrected chi connectivity index (χ0v) is 13.3. The van der Waals surface area contributed by atoms with Crippen LogP contribution in [0.25, 0.3) is 11.5 Å². The average Bonchev–Trinajstić information content (AvgIpc) is 2.48. The van der Waals surface area contributed by atoms with E-state index in [0.717, 1.165) is 0 Å². The molecule has 2 N–H and O–H groups in total. The van der Waals surface area contributed by atoms with Gasteiger partial charge in [-0.25, -0.2) is 0 Å². The first-order chi connectivity index (χ1) is 9.20. The van der Waals surface area contributed by atoms with E-state index in [4.69, 9.17) is 0 Å². The molecule has 0 spiro atoms. The molecule has 0 saturated heterocycles. The zero-order valence-electron chi connectivity index (χ0n) is 11.2. The van der Waals surface area contributed by atoms with E-state index in [0.29, 0.717) is 26.6 Å². The van der Waals surface area contributed by atoms with Crippen LogP contribution in [0.15, 0.2) is 60.7 Å². The monoisotopic (exact) mass is 316 g/mol. The van der Waals surface area contributed by atoms with Gasteiger partial charge in [0.2, 0.25) is 0 Å². The Kier molecular flexibility index (Phi) is 6.82. The van der Waals surface area contributed by atoms with Crippen molar-refractivity contribution in [3.63, 3.8) is 0 Å². The van der Waals surface area contributed by atoms with Crippen LogP contribution in [-0.2, 0) is 0 Å². The van der Waals surface area contributed by atoms with Crippen LogP contribution in [-0.4, -0.2) is 25.6 Å². The third-order valence-electron chi connectivity index (χ3n) is 2.32. The molecule has 2 aromatic rings. The maximum absolute atomic E-state index is 9.87. The van der Waals surface area contributed by atoms with E-state index in [9.17, 15) is 10.2 Å². The average molecular weight is 315 g/mol. The van der Waals surface area contributed by atoms with Crippen molar-refractivity contribution in [3.05, 3.63) is 71.8 Å². The summed E-state index contributed by atoms with van der Waals surface area (Å²) in [4.78, 5) is 0. The fourth-order valence-corrected chi connectivity index (χ4v) is 1.47. The molecule has 0 heterocycles. The number of hydrogen-bond acceptors (Lipinski definition) is 2. The van der Waals surface area contributed by atoms with Crippen molar-refractivity contribution >= 4 is 26.9 Å². The number of rotatable bonds is 2. The first-order valence-electron chi connectivity index (χ1n) is 6.02. The summed E-state index contributed by atoms with van der Waals surface area (Å²) in [5.41, 5.74) is 1.20. The molecule has 3 heteroatoms. The van der Waals surface area contributed by atoms with Gasteiger partial charge in [0.15, 0.2) is 11.5 Å². The van der Waals surface area contributed by atoms with Crippen LogP contribution in [0.4, 0.5) is 0 Å². The Labute approximate surface area is 120 Å². The van der Waals surface area contributed by atoms with Crippen molar-refractivity contribution in [1.29, 1.82) is 0 Å². The van der Waals surface area contributed by atoms with E-state index in [-0.39, 0.29) is 11.5 Å². The fraction of sp³-hybridized carbons (Fsp3) is 0.125. The van der Waals surface area contributed by atoms with Gasteiger partial charge in [-0.1, -0.05) is 60.7 Å². The van der Waals surface area contributed by atoms with Crippen molar-refractivity contribution < 1.29 is 10.2 Å². The van der Waals surface area contributed by atoms with Gasteiger partial charge in [-0.05, 0) is 0 Å². The molecular formula is C16H18GeO2. The van der Waals surface area contributed by atoms with Gasteiger partial charge in [0.25, 0.3) is 0 Å². The quantitative estimate of drug-likeness (QED) is 0.489. The second-order valence-corrected chi connectivity index (χ2v) is 6.03. The molecule has 2 aromatic carbocycles. The Bertz CT molecular complexity index is 459. The van der Waals surface area contributed by atoms with Crippen LogP contribution < -0.4 is 0 Å². The second-order valence-electron chi connectivity index (χ2n) is 3.93. The molecule has 98 valence electrons. The fourth-order valence-electron chi connectivity index (χ4n) is 1.47. The Morgan fingerprint density at radius 1 is 0.684 bits per heavy atom. The molecule has 0 aliphatic heterocycles. The number of hydrogen-bond donors (Lipinski definition) is 2. The maximum atomic E-state index is 9.87. The van der Waals surface area contributed by atoms with Gasteiger partial charge in [0, 0.05) is 11.1 Å². The summed E-state index contributed by atoms with van der Waals surface area (Å²) in [7, 11) is 0. The number of benzene rings is 2. The van der Waals surface area contributed by atoms with Crippen molar-refractivity contribution in [2.75, 3.05) is 0 Å². The standard InChI is InChI=1S/C14H12O2.C2H6Ge/c15-13(11-7-3-1-4-8-11)14(16)12-9-5-2-6-10-12;1-3-2/h1-10,15-16H;1-2H3/b14-13-;. The van der Waals surface area contributed by atoms with Crippen LogP contribution in [0.1, 0.15) is 11.1 Å². The molecule has 0 saturated carbocycles. The summed E-state index contributed by atoms with van der Waals surface area (Å²) in [6.07, 6.45) is 0. The van der Waals surface area contributed by atoms with Crippen LogP contribution >= 0.6 is 0 Å². The molecular weight excluding hydrogens is 297 g/mol. The molecule has 0 aromatic heterocycles. The Morgan fingerprint density at radius 2 is 0.947 bits per heavy atom. The Hall–Kier alpha value is -1.68. The first-order valence-corrected chi connectivity index (χ1v) is 10.2. The van der Waals surface area contributed by atoms with Gasteiger partial charge < -0.3 is 10.2 Å². The minimum atomic E-state index is -0.105. The third kappa shape index (κ3) is 4.83. The van der Waals surface area contributed by atoms with E-state index < -0.39 is 0 Å². The van der Waals surface area contributed by atoms with E-state index >= 15 is 0 Å². The molecule has 0 fully saturated rings. The van der Waals surface area contributed by atoms with Gasteiger partial charge in [-0.3, -0.25) is 0 Å². The van der Waals surface area contributed by atoms with Crippen molar-refractivity contribution in [2.24, 2.45) is 0 Å². The normalized spacial score (nSPS) is 11.1. The molecule has 0 unspecified atom stereocenters. The van der Waals surface area contributed by atoms with Crippen molar-refractivity contribution in [2.45, 2.75) is 11.5 Å². The van der Waals surface area contributed by atoms with E-state index in [1.54, 1.807) is 24.3 Å². The van der Waals surface area contributed by atoms with Gasteiger partial charge in [-0.2, -0.15) is 0 Å². The predicted molar refractivity (Wildman–Crippen MR) is 82.4 cm³/mol. The zero-order chi connectivity index (χ0) is 14.1. The number of aliphatic hydroxyl groups is 2. The molecule has 0 aliphatic rings. The molecule has 2 nitrogen and oxygen atoms in total. The van der Waals surface area contributed by atoms with Gasteiger partial charge >= 0.3 is 26.9 Å². The summed E-state index contributed by atoms with van der Waals surface area (Å²) in [6.45, 7) is 0. The molecule has 0 aliphatic carbocycles. The summed E-state index contributed by atoms with van der Waals surface area (Å²) in [5.74, 6) is 4.29. The van der Waals surface area contributed by atoms with E-state index in [2.05, 4.69) is 11.5 Å². The van der Waals surface area contributed by atoms with E-state index in [1.165, 1.54) is 0 Å². The van der Waals surface area contributed by atoms with Gasteiger partial charge in [0.1, 0.15) is 0 Å². The van der Waals surface area contributed by atoms with Gasteiger partial charge in [-0.15, -0.1) is 0 Å². The summed E-state index contributed by atoms with van der Waals surface area (Å²) < 4.78 is 0. The van der Waals surface area contributed by atoms with Crippen LogP contribution in [0, 0.1) is 0 Å². The second kappa shape index (κ2) is 8.43. The number of aliphatic hydroxyl groups excluding tert-OH is 2. The van der Waals surface area contributed by atoms with Crippen LogP contribution in [0.5, 0.6) is 0 Å². The molecule has 2 rings (SSSR count). The van der Waals surface area contributed by atoms with E-state index in [1.807, 2.05) is 36.4 Å². The van der Waals surface area contributed by atoms with Crippen LogP contribution in [0.2, 0.25) is 11.5 Å². The third-order valence-corrected chi connectivity index (χ3v) is 2.32. The molecule has 19 heavy (non-hydrogen) atoms. The summed E-state index contributed by atoms with van der Waals surface area (Å²) >= 11 is 0.500. The topological polar surface area (TPSA) is 40.5 Å². The molecule has 2 radical (unpaired) electrons. The molecule has 0 amide bonds. The SMILES string of the molecule is O/C(=C(\O)c1ccccc1)c1ccccc1.[CH3][Ge][CH3]. The first kappa shape index (κ1) is 15.4. The minimum absolute atomic E-state index is 0.105. The van der Waals surface area contributed by atoms with Crippen LogP contribution in [0.3, 0.4) is 0 Å². The molecule has 0 bridgehead atoms. The van der Waals surface area contributed by atoms with Gasteiger partial charge in [0.05, 0.1) is 0 Å². The summed E-state index contributed by atoms with van der Waals surface area (Å²) in [6, 6.07) is 17.9.